The molecule has 0 unspecified atom stereocenters. The molecule has 0 atom stereocenters. The molecular formula is C21H18F3N5OS. The van der Waals surface area contributed by atoms with Gasteiger partial charge in [0.2, 0.25) is 11.1 Å². The molecule has 6 nitrogen and oxygen atoms in total. The van der Waals surface area contributed by atoms with E-state index in [9.17, 15) is 18.0 Å². The topological polar surface area (TPSA) is 83.6 Å². The third-order valence-corrected chi connectivity index (χ3v) is 5.68. The smallest absolute Gasteiger partial charge is 0.338 e. The predicted octanol–water partition coefficient (Wildman–Crippen LogP) is 5.13. The summed E-state index contributed by atoms with van der Waals surface area (Å²) in [5, 5.41) is 11.8. The number of aryl methyl sites for hydroxylation is 2. The van der Waals surface area contributed by atoms with Crippen molar-refractivity contribution in [3.05, 3.63) is 53.1 Å². The van der Waals surface area contributed by atoms with Gasteiger partial charge >= 0.3 is 6.18 Å². The number of alkyl halides is 3. The Hall–Kier alpha value is -3.14. The highest BCUT2D eigenvalue weighted by molar-refractivity contribution is 7.99. The van der Waals surface area contributed by atoms with Crippen molar-refractivity contribution in [3.8, 4) is 0 Å². The van der Waals surface area contributed by atoms with Crippen LogP contribution in [0.1, 0.15) is 23.6 Å². The highest BCUT2D eigenvalue weighted by Gasteiger charge is 2.34. The van der Waals surface area contributed by atoms with E-state index in [-0.39, 0.29) is 16.6 Å². The van der Waals surface area contributed by atoms with Crippen LogP contribution in [0, 0.1) is 6.92 Å². The van der Waals surface area contributed by atoms with E-state index in [1.807, 2.05) is 18.2 Å². The Labute approximate surface area is 179 Å². The van der Waals surface area contributed by atoms with Crippen molar-refractivity contribution in [2.24, 2.45) is 0 Å². The number of nitrogens with zero attached hydrogens (tertiary/aromatic N) is 3. The Bertz CT molecular complexity index is 1290. The zero-order valence-corrected chi connectivity index (χ0v) is 17.5. The number of halogens is 3. The summed E-state index contributed by atoms with van der Waals surface area (Å²) in [6.45, 7) is 3.58. The lowest BCUT2D eigenvalue weighted by atomic mass is 10.1. The van der Waals surface area contributed by atoms with Crippen molar-refractivity contribution in [3.63, 3.8) is 0 Å². The fraction of sp³-hybridized carbons (Fsp3) is 0.238. The molecule has 0 aliphatic rings. The number of aromatic amines is 1. The summed E-state index contributed by atoms with van der Waals surface area (Å²) in [4.78, 5) is 19.9. The lowest BCUT2D eigenvalue weighted by molar-refractivity contribution is -0.137. The molecule has 0 radical (unpaired) electrons. The maximum absolute atomic E-state index is 13.2. The fourth-order valence-electron chi connectivity index (χ4n) is 3.26. The summed E-state index contributed by atoms with van der Waals surface area (Å²) in [5.41, 5.74) is 2.44. The molecule has 0 aliphatic carbocycles. The minimum absolute atomic E-state index is 0.154. The zero-order chi connectivity index (χ0) is 22.2. The molecule has 10 heteroatoms. The molecule has 160 valence electrons. The molecule has 1 amide bonds. The normalized spacial score (nSPS) is 11.9. The number of para-hydroxylation sites is 1. The van der Waals surface area contributed by atoms with Crippen molar-refractivity contribution in [1.82, 2.24) is 20.2 Å². The average Bonchev–Trinajstić information content (AvgIpc) is 3.09. The molecule has 0 bridgehead atoms. The van der Waals surface area contributed by atoms with E-state index in [0.29, 0.717) is 16.7 Å². The minimum Gasteiger partial charge on any atom is -0.338 e. The summed E-state index contributed by atoms with van der Waals surface area (Å²) >= 11 is 1.00. The quantitative estimate of drug-likeness (QED) is 0.416. The second-order valence-electron chi connectivity index (χ2n) is 6.98. The molecule has 2 aromatic heterocycles. The van der Waals surface area contributed by atoms with Crippen molar-refractivity contribution in [2.45, 2.75) is 31.6 Å². The average molecular weight is 445 g/mol. The number of carbonyl (C=O) groups is 1. The van der Waals surface area contributed by atoms with E-state index in [0.717, 1.165) is 35.2 Å². The van der Waals surface area contributed by atoms with Crippen molar-refractivity contribution >= 4 is 45.4 Å². The number of amides is 1. The third kappa shape index (κ3) is 4.34. The number of benzene rings is 2. The van der Waals surface area contributed by atoms with Gasteiger partial charge in [-0.2, -0.15) is 13.2 Å². The molecule has 0 saturated carbocycles. The van der Waals surface area contributed by atoms with Crippen LogP contribution in [-0.4, -0.2) is 31.8 Å². The Morgan fingerprint density at radius 3 is 2.74 bits per heavy atom. The monoisotopic (exact) mass is 445 g/mol. The molecule has 2 aromatic carbocycles. The number of nitrogens with one attached hydrogen (secondary N) is 2. The zero-order valence-electron chi connectivity index (χ0n) is 16.7. The Morgan fingerprint density at radius 1 is 1.19 bits per heavy atom. The van der Waals surface area contributed by atoms with Crippen molar-refractivity contribution in [1.29, 1.82) is 0 Å². The van der Waals surface area contributed by atoms with Crippen LogP contribution >= 0.6 is 11.8 Å². The van der Waals surface area contributed by atoms with Gasteiger partial charge in [-0.05, 0) is 42.7 Å². The Balaban J connectivity index is 1.51. The van der Waals surface area contributed by atoms with Crippen LogP contribution in [0.15, 0.2) is 41.6 Å². The van der Waals surface area contributed by atoms with Crippen LogP contribution < -0.4 is 5.32 Å². The van der Waals surface area contributed by atoms with E-state index < -0.39 is 17.6 Å². The lowest BCUT2D eigenvalue weighted by Gasteiger charge is -2.15. The number of anilines is 1. The van der Waals surface area contributed by atoms with Gasteiger partial charge in [-0.3, -0.25) is 4.79 Å². The number of thioether (sulfide) groups is 1. The van der Waals surface area contributed by atoms with Crippen molar-refractivity contribution in [2.75, 3.05) is 11.1 Å². The van der Waals surface area contributed by atoms with Gasteiger partial charge in [0.25, 0.3) is 0 Å². The minimum atomic E-state index is -4.56. The molecule has 2 heterocycles. The van der Waals surface area contributed by atoms with Gasteiger partial charge in [0.05, 0.1) is 17.0 Å². The first-order valence-corrected chi connectivity index (χ1v) is 10.5. The molecule has 4 rings (SSSR count). The van der Waals surface area contributed by atoms with Crippen LogP contribution in [0.2, 0.25) is 0 Å². The van der Waals surface area contributed by atoms with E-state index in [1.165, 1.54) is 24.6 Å². The summed E-state index contributed by atoms with van der Waals surface area (Å²) in [7, 11) is 0. The standard InChI is InChI=1S/C21H18F3N5OS/c1-3-12-7-8-15-13(9-12)18-19(25-15)27-20(29-28-18)31-10-16(30)26-17-11(2)5-4-6-14(17)21(22,23)24/h4-9H,3,10H2,1-2H3,(H,26,30)(H,25,27,29). The Kier molecular flexibility index (Phi) is 5.57. The molecule has 0 spiro atoms. The Morgan fingerprint density at radius 2 is 2.00 bits per heavy atom. The fourth-order valence-corrected chi connectivity index (χ4v) is 3.85. The molecule has 0 fully saturated rings. The lowest BCUT2D eigenvalue weighted by Crippen LogP contribution is -2.19. The first-order valence-electron chi connectivity index (χ1n) is 9.50. The van der Waals surface area contributed by atoms with Gasteiger partial charge in [-0.1, -0.05) is 36.9 Å². The molecular weight excluding hydrogens is 427 g/mol. The number of aromatic nitrogens is 4. The highest BCUT2D eigenvalue weighted by Crippen LogP contribution is 2.36. The first kappa shape index (κ1) is 21.1. The van der Waals surface area contributed by atoms with Gasteiger partial charge in [0, 0.05) is 10.9 Å². The van der Waals surface area contributed by atoms with Crippen LogP contribution in [0.25, 0.3) is 22.1 Å². The third-order valence-electron chi connectivity index (χ3n) is 4.84. The van der Waals surface area contributed by atoms with E-state index in [4.69, 9.17) is 0 Å². The van der Waals surface area contributed by atoms with Gasteiger partial charge in [-0.25, -0.2) is 4.98 Å². The maximum Gasteiger partial charge on any atom is 0.418 e. The maximum atomic E-state index is 13.2. The second kappa shape index (κ2) is 8.18. The first-order chi connectivity index (χ1) is 14.8. The summed E-state index contributed by atoms with van der Waals surface area (Å²) in [5.74, 6) is -0.739. The number of hydrogen-bond acceptors (Lipinski definition) is 5. The van der Waals surface area contributed by atoms with E-state index in [1.54, 1.807) is 0 Å². The molecule has 0 saturated heterocycles. The summed E-state index contributed by atoms with van der Waals surface area (Å²) < 4.78 is 39.7. The van der Waals surface area contributed by atoms with Gasteiger partial charge in [0.1, 0.15) is 5.52 Å². The van der Waals surface area contributed by atoms with Gasteiger partial charge in [0.15, 0.2) is 5.65 Å². The van der Waals surface area contributed by atoms with Crippen LogP contribution in [-0.2, 0) is 17.4 Å². The number of H-pyrrole nitrogens is 1. The SMILES string of the molecule is CCc1ccc2[nH]c3nc(SCC(=O)Nc4c(C)cccc4C(F)(F)F)nnc3c2c1. The predicted molar refractivity (Wildman–Crippen MR) is 114 cm³/mol. The van der Waals surface area contributed by atoms with Crippen LogP contribution in [0.4, 0.5) is 18.9 Å². The van der Waals surface area contributed by atoms with E-state index >= 15 is 0 Å². The number of fused-ring (bicyclic) bond motifs is 3. The summed E-state index contributed by atoms with van der Waals surface area (Å²) in [6, 6.07) is 9.77. The number of carbonyl (C=O) groups excluding carboxylic acids is 1. The van der Waals surface area contributed by atoms with Gasteiger partial charge < -0.3 is 10.3 Å². The van der Waals surface area contributed by atoms with E-state index in [2.05, 4.69) is 32.4 Å². The molecule has 31 heavy (non-hydrogen) atoms. The second-order valence-corrected chi connectivity index (χ2v) is 7.92. The highest BCUT2D eigenvalue weighted by atomic mass is 32.2. The summed E-state index contributed by atoms with van der Waals surface area (Å²) in [6.07, 6.45) is -3.67. The van der Waals surface area contributed by atoms with Crippen LogP contribution in [0.5, 0.6) is 0 Å². The molecule has 2 N–H and O–H groups in total. The number of rotatable bonds is 5. The van der Waals surface area contributed by atoms with Gasteiger partial charge in [-0.15, -0.1) is 10.2 Å². The largest absolute Gasteiger partial charge is 0.418 e. The molecule has 4 aromatic rings. The number of hydrogen-bond donors (Lipinski definition) is 2. The van der Waals surface area contributed by atoms with Crippen LogP contribution in [0.3, 0.4) is 0 Å². The van der Waals surface area contributed by atoms with Crippen molar-refractivity contribution < 1.29 is 18.0 Å². The molecule has 0 aliphatic heterocycles.